The molecule has 1 saturated heterocycles. The standard InChI is InChI=1S/C15H23F2NO5/c1-14(2,3)22-12(20)9-7-8(10(16)17)11(19)18(9)13(21)23-15(4,5)6/h8-10H,7H2,1-6H3/t8-,9+/m1/s1. The lowest BCUT2D eigenvalue weighted by molar-refractivity contribution is -0.161. The zero-order valence-corrected chi connectivity index (χ0v) is 14.2. The third-order valence-corrected chi connectivity index (χ3v) is 2.92. The summed E-state index contributed by atoms with van der Waals surface area (Å²) in [6.07, 6.45) is -4.58. The first-order valence-electron chi connectivity index (χ1n) is 7.30. The third kappa shape index (κ3) is 5.14. The summed E-state index contributed by atoms with van der Waals surface area (Å²) in [7, 11) is 0. The number of hydrogen-bond donors (Lipinski definition) is 0. The van der Waals surface area contributed by atoms with Gasteiger partial charge in [0.2, 0.25) is 12.3 Å². The Morgan fingerprint density at radius 3 is 1.96 bits per heavy atom. The van der Waals surface area contributed by atoms with Crippen molar-refractivity contribution in [2.75, 3.05) is 0 Å². The molecule has 0 aromatic carbocycles. The lowest BCUT2D eigenvalue weighted by Crippen LogP contribution is -2.47. The molecule has 8 heteroatoms. The van der Waals surface area contributed by atoms with Crippen LogP contribution < -0.4 is 0 Å². The molecule has 0 saturated carbocycles. The quantitative estimate of drug-likeness (QED) is 0.726. The minimum atomic E-state index is -2.97. The van der Waals surface area contributed by atoms with Crippen molar-refractivity contribution >= 4 is 18.0 Å². The minimum Gasteiger partial charge on any atom is -0.458 e. The van der Waals surface area contributed by atoms with Gasteiger partial charge >= 0.3 is 12.1 Å². The molecule has 1 fully saturated rings. The molecule has 0 aromatic heterocycles. The van der Waals surface area contributed by atoms with E-state index in [0.717, 1.165) is 0 Å². The van der Waals surface area contributed by atoms with Gasteiger partial charge in [0.1, 0.15) is 23.2 Å². The summed E-state index contributed by atoms with van der Waals surface area (Å²) in [6, 6.07) is -1.41. The summed E-state index contributed by atoms with van der Waals surface area (Å²) in [5, 5.41) is 0. The minimum absolute atomic E-state index is 0.455. The van der Waals surface area contributed by atoms with Crippen molar-refractivity contribution in [1.82, 2.24) is 4.90 Å². The van der Waals surface area contributed by atoms with Crippen molar-refractivity contribution in [2.24, 2.45) is 5.92 Å². The largest absolute Gasteiger partial charge is 0.458 e. The van der Waals surface area contributed by atoms with Gasteiger partial charge in [-0.05, 0) is 48.0 Å². The van der Waals surface area contributed by atoms with E-state index in [2.05, 4.69) is 0 Å². The number of halogens is 2. The Balaban J connectivity index is 3.06. The number of carbonyl (C=O) groups is 3. The summed E-state index contributed by atoms with van der Waals surface area (Å²) >= 11 is 0. The van der Waals surface area contributed by atoms with Gasteiger partial charge in [0.05, 0.1) is 0 Å². The highest BCUT2D eigenvalue weighted by Gasteiger charge is 2.52. The number of imide groups is 1. The van der Waals surface area contributed by atoms with Crippen LogP contribution in [0.5, 0.6) is 0 Å². The Morgan fingerprint density at radius 2 is 1.57 bits per heavy atom. The van der Waals surface area contributed by atoms with E-state index in [1.165, 1.54) is 0 Å². The smallest absolute Gasteiger partial charge is 0.417 e. The molecule has 2 atom stereocenters. The van der Waals surface area contributed by atoms with Gasteiger partial charge in [-0.15, -0.1) is 0 Å². The summed E-state index contributed by atoms with van der Waals surface area (Å²) in [5.74, 6) is -3.75. The number of rotatable bonds is 2. The number of amides is 2. The molecular weight excluding hydrogens is 312 g/mol. The van der Waals surface area contributed by atoms with E-state index >= 15 is 0 Å². The first kappa shape index (κ1) is 19.3. The van der Waals surface area contributed by atoms with E-state index in [1.807, 2.05) is 0 Å². The molecular formula is C15H23F2NO5. The molecule has 1 aliphatic heterocycles. The Morgan fingerprint density at radius 1 is 1.09 bits per heavy atom. The van der Waals surface area contributed by atoms with E-state index < -0.39 is 54.0 Å². The average molecular weight is 335 g/mol. The van der Waals surface area contributed by atoms with Crippen LogP contribution >= 0.6 is 0 Å². The first-order chi connectivity index (χ1) is 10.2. The Hall–Kier alpha value is -1.73. The fraction of sp³-hybridized carbons (Fsp3) is 0.800. The Labute approximate surface area is 134 Å². The maximum absolute atomic E-state index is 13.0. The maximum Gasteiger partial charge on any atom is 0.417 e. The molecule has 132 valence electrons. The normalized spacial score (nSPS) is 22.5. The van der Waals surface area contributed by atoms with Crippen LogP contribution in [-0.2, 0) is 19.1 Å². The molecule has 2 amide bonds. The van der Waals surface area contributed by atoms with Crippen LogP contribution in [-0.4, -0.2) is 46.5 Å². The van der Waals surface area contributed by atoms with Crippen molar-refractivity contribution in [2.45, 2.75) is 71.6 Å². The molecule has 0 spiro atoms. The maximum atomic E-state index is 13.0. The van der Waals surface area contributed by atoms with Crippen LogP contribution in [0.1, 0.15) is 48.0 Å². The van der Waals surface area contributed by atoms with Crippen molar-refractivity contribution in [3.63, 3.8) is 0 Å². The van der Waals surface area contributed by atoms with Crippen molar-refractivity contribution < 1.29 is 32.6 Å². The molecule has 1 rings (SSSR count). The van der Waals surface area contributed by atoms with Gasteiger partial charge in [0.25, 0.3) is 0 Å². The summed E-state index contributed by atoms with van der Waals surface area (Å²) in [5.41, 5.74) is -1.80. The fourth-order valence-electron chi connectivity index (χ4n) is 2.09. The highest BCUT2D eigenvalue weighted by molar-refractivity contribution is 6.01. The van der Waals surface area contributed by atoms with Crippen LogP contribution in [0.3, 0.4) is 0 Å². The van der Waals surface area contributed by atoms with Gasteiger partial charge < -0.3 is 9.47 Å². The van der Waals surface area contributed by atoms with Crippen LogP contribution in [0.4, 0.5) is 13.6 Å². The van der Waals surface area contributed by atoms with Crippen LogP contribution in [0.25, 0.3) is 0 Å². The molecule has 23 heavy (non-hydrogen) atoms. The first-order valence-corrected chi connectivity index (χ1v) is 7.30. The molecule has 0 unspecified atom stereocenters. The number of esters is 1. The SMILES string of the molecule is CC(C)(C)OC(=O)[C@@H]1C[C@H](C(F)F)C(=O)N1C(=O)OC(C)(C)C. The van der Waals surface area contributed by atoms with Crippen molar-refractivity contribution in [3.05, 3.63) is 0 Å². The van der Waals surface area contributed by atoms with E-state index in [-0.39, 0.29) is 0 Å². The van der Waals surface area contributed by atoms with Crippen LogP contribution in [0, 0.1) is 5.92 Å². The van der Waals surface area contributed by atoms with Crippen molar-refractivity contribution in [1.29, 1.82) is 0 Å². The predicted molar refractivity (Wildman–Crippen MR) is 76.8 cm³/mol. The molecule has 0 radical (unpaired) electrons. The van der Waals surface area contributed by atoms with E-state index in [9.17, 15) is 23.2 Å². The van der Waals surface area contributed by atoms with Crippen molar-refractivity contribution in [3.8, 4) is 0 Å². The molecule has 0 N–H and O–H groups in total. The van der Waals surface area contributed by atoms with Gasteiger partial charge in [-0.1, -0.05) is 0 Å². The zero-order chi connectivity index (χ0) is 18.2. The Kier molecular flexibility index (Phi) is 5.38. The Bertz CT molecular complexity index is 493. The van der Waals surface area contributed by atoms with Crippen LogP contribution in [0.2, 0.25) is 0 Å². The lowest BCUT2D eigenvalue weighted by atomic mass is 10.1. The lowest BCUT2D eigenvalue weighted by Gasteiger charge is -2.28. The molecule has 0 aromatic rings. The second-order valence-electron chi connectivity index (χ2n) is 7.41. The second-order valence-corrected chi connectivity index (χ2v) is 7.41. The second kappa shape index (κ2) is 6.41. The van der Waals surface area contributed by atoms with Gasteiger partial charge in [-0.25, -0.2) is 23.3 Å². The number of alkyl halides is 2. The summed E-state index contributed by atoms with van der Waals surface area (Å²) in [4.78, 5) is 36.9. The van der Waals surface area contributed by atoms with Gasteiger partial charge in [-0.2, -0.15) is 0 Å². The van der Waals surface area contributed by atoms with Crippen LogP contribution in [0.15, 0.2) is 0 Å². The van der Waals surface area contributed by atoms with Gasteiger partial charge in [0, 0.05) is 0 Å². The molecule has 1 heterocycles. The number of ether oxygens (including phenoxy) is 2. The molecule has 6 nitrogen and oxygen atoms in total. The summed E-state index contributed by atoms with van der Waals surface area (Å²) in [6.45, 7) is 9.51. The molecule has 0 aliphatic carbocycles. The zero-order valence-electron chi connectivity index (χ0n) is 14.2. The van der Waals surface area contributed by atoms with Gasteiger partial charge in [0.15, 0.2) is 0 Å². The number of likely N-dealkylation sites (tertiary alicyclic amines) is 1. The van der Waals surface area contributed by atoms with E-state index in [0.29, 0.717) is 4.90 Å². The summed E-state index contributed by atoms with van der Waals surface area (Å²) < 4.78 is 36.1. The number of nitrogens with zero attached hydrogens (tertiary/aromatic N) is 1. The topological polar surface area (TPSA) is 72.9 Å². The number of hydrogen-bond acceptors (Lipinski definition) is 5. The highest BCUT2D eigenvalue weighted by Crippen LogP contribution is 2.32. The van der Waals surface area contributed by atoms with Gasteiger partial charge in [-0.3, -0.25) is 4.79 Å². The number of carbonyl (C=O) groups excluding carboxylic acids is 3. The predicted octanol–water partition coefficient (Wildman–Crippen LogP) is 2.75. The average Bonchev–Trinajstić information content (AvgIpc) is 2.62. The third-order valence-electron chi connectivity index (χ3n) is 2.92. The highest BCUT2D eigenvalue weighted by atomic mass is 19.3. The monoisotopic (exact) mass is 335 g/mol. The van der Waals surface area contributed by atoms with E-state index in [1.54, 1.807) is 41.5 Å². The van der Waals surface area contributed by atoms with E-state index in [4.69, 9.17) is 9.47 Å². The molecule has 0 bridgehead atoms. The fourth-order valence-corrected chi connectivity index (χ4v) is 2.09. The molecule has 1 aliphatic rings.